The molecule has 0 heterocycles. The van der Waals surface area contributed by atoms with E-state index in [-0.39, 0.29) is 17.8 Å². The third-order valence-corrected chi connectivity index (χ3v) is 9.57. The highest BCUT2D eigenvalue weighted by Gasteiger charge is 2.50. The first-order valence-electron chi connectivity index (χ1n) is 12.9. The Balaban J connectivity index is 1.66. The second-order valence-corrected chi connectivity index (χ2v) is 11.9. The second kappa shape index (κ2) is 10.1. The van der Waals surface area contributed by atoms with Crippen molar-refractivity contribution in [2.24, 2.45) is 29.1 Å². The van der Waals surface area contributed by atoms with Crippen LogP contribution in [0.5, 0.6) is 0 Å². The van der Waals surface area contributed by atoms with Gasteiger partial charge in [0.05, 0.1) is 17.8 Å². The van der Waals surface area contributed by atoms with Gasteiger partial charge in [-0.2, -0.15) is 0 Å². The van der Waals surface area contributed by atoms with E-state index in [0.717, 1.165) is 24.7 Å². The number of allylic oxidation sites excluding steroid dienone is 3. The standard InChI is InChI=1S/C28H48O3/c1-19(9-10-20(2)27(3,4)31-6)25-13-14-26-22(8-7-15-28(25,26)5)12-11-21-16-23(29)18-24(30)17-21/h11-12,19-20,23-26,29-30H,7-10,13-18H2,1-6H3/b22-12+/t19-,20-,23-,24-,25-,26+,28-/m1/s1. The van der Waals surface area contributed by atoms with Crippen molar-refractivity contribution in [3.05, 3.63) is 23.3 Å². The molecule has 0 saturated heterocycles. The number of hydrogen-bond acceptors (Lipinski definition) is 3. The molecule has 0 radical (unpaired) electrons. The molecular formula is C28H48O3. The van der Waals surface area contributed by atoms with E-state index in [2.05, 4.69) is 46.8 Å². The van der Waals surface area contributed by atoms with Gasteiger partial charge in [-0.25, -0.2) is 0 Å². The predicted molar refractivity (Wildman–Crippen MR) is 129 cm³/mol. The maximum Gasteiger partial charge on any atom is 0.0648 e. The van der Waals surface area contributed by atoms with Crippen LogP contribution in [0, 0.1) is 29.1 Å². The summed E-state index contributed by atoms with van der Waals surface area (Å²) in [5.74, 6) is 2.84. The summed E-state index contributed by atoms with van der Waals surface area (Å²) >= 11 is 0. The van der Waals surface area contributed by atoms with E-state index in [1.165, 1.54) is 50.5 Å². The molecule has 31 heavy (non-hydrogen) atoms. The van der Waals surface area contributed by atoms with Crippen LogP contribution in [-0.4, -0.2) is 35.1 Å². The van der Waals surface area contributed by atoms with Crippen LogP contribution < -0.4 is 0 Å². The van der Waals surface area contributed by atoms with E-state index < -0.39 is 0 Å². The van der Waals surface area contributed by atoms with Crippen molar-refractivity contribution in [3.63, 3.8) is 0 Å². The topological polar surface area (TPSA) is 49.7 Å². The SMILES string of the molecule is COC(C)(C)[C@H](C)CC[C@@H](C)[C@H]1CC[C@H]2/C(=C/C=C3C[C@@H](O)C[C@H](O)C3)CCC[C@]12C. The number of ether oxygens (including phenoxy) is 1. The van der Waals surface area contributed by atoms with E-state index >= 15 is 0 Å². The highest BCUT2D eigenvalue weighted by Crippen LogP contribution is 2.60. The quantitative estimate of drug-likeness (QED) is 0.487. The zero-order valence-corrected chi connectivity index (χ0v) is 21.0. The molecule has 0 amide bonds. The van der Waals surface area contributed by atoms with Gasteiger partial charge in [-0.1, -0.05) is 50.5 Å². The monoisotopic (exact) mass is 432 g/mol. The van der Waals surface area contributed by atoms with E-state index in [1.54, 1.807) is 5.57 Å². The average Bonchev–Trinajstić information content (AvgIpc) is 3.07. The van der Waals surface area contributed by atoms with E-state index in [1.807, 2.05) is 7.11 Å². The summed E-state index contributed by atoms with van der Waals surface area (Å²) in [7, 11) is 1.84. The molecule has 178 valence electrons. The molecule has 3 aliphatic carbocycles. The summed E-state index contributed by atoms with van der Waals surface area (Å²) in [4.78, 5) is 0. The van der Waals surface area contributed by atoms with E-state index in [0.29, 0.717) is 23.7 Å². The van der Waals surface area contributed by atoms with Crippen LogP contribution in [0.25, 0.3) is 0 Å². The number of fused-ring (bicyclic) bond motifs is 1. The molecule has 3 rings (SSSR count). The van der Waals surface area contributed by atoms with E-state index in [9.17, 15) is 10.2 Å². The summed E-state index contributed by atoms with van der Waals surface area (Å²) in [5, 5.41) is 20.0. The Labute approximate surface area is 191 Å². The lowest BCUT2D eigenvalue weighted by Gasteiger charge is -2.44. The highest BCUT2D eigenvalue weighted by molar-refractivity contribution is 5.26. The van der Waals surface area contributed by atoms with Crippen LogP contribution in [0.15, 0.2) is 23.3 Å². The van der Waals surface area contributed by atoms with Crippen molar-refractivity contribution in [2.75, 3.05) is 7.11 Å². The van der Waals surface area contributed by atoms with E-state index in [4.69, 9.17) is 4.74 Å². The molecule has 3 nitrogen and oxygen atoms in total. The van der Waals surface area contributed by atoms with Crippen LogP contribution in [-0.2, 0) is 4.74 Å². The van der Waals surface area contributed by atoms with Crippen LogP contribution in [0.1, 0.15) is 98.8 Å². The van der Waals surface area contributed by atoms with Gasteiger partial charge in [-0.05, 0) is 101 Å². The molecule has 2 N–H and O–H groups in total. The van der Waals surface area contributed by atoms with Crippen LogP contribution in [0.4, 0.5) is 0 Å². The van der Waals surface area contributed by atoms with Gasteiger partial charge in [-0.15, -0.1) is 0 Å². The van der Waals surface area contributed by atoms with Gasteiger partial charge < -0.3 is 14.9 Å². The summed E-state index contributed by atoms with van der Waals surface area (Å²) < 4.78 is 5.72. The van der Waals surface area contributed by atoms with Gasteiger partial charge in [0, 0.05) is 7.11 Å². The Hall–Kier alpha value is -0.640. The average molecular weight is 433 g/mol. The Bertz CT molecular complexity index is 651. The maximum absolute atomic E-state index is 10.0. The lowest BCUT2D eigenvalue weighted by molar-refractivity contribution is -0.0277. The summed E-state index contributed by atoms with van der Waals surface area (Å²) in [6.07, 6.45) is 14.9. The molecule has 0 aromatic heterocycles. The predicted octanol–water partition coefficient (Wildman–Crippen LogP) is 6.44. The molecule has 0 aliphatic heterocycles. The first-order chi connectivity index (χ1) is 14.6. The number of rotatable bonds is 7. The Kier molecular flexibility index (Phi) is 8.14. The third-order valence-electron chi connectivity index (χ3n) is 9.57. The molecule has 0 aromatic rings. The van der Waals surface area contributed by atoms with Crippen LogP contribution in [0.3, 0.4) is 0 Å². The molecule has 0 bridgehead atoms. The van der Waals surface area contributed by atoms with Gasteiger partial charge in [0.25, 0.3) is 0 Å². The Morgan fingerprint density at radius 3 is 2.42 bits per heavy atom. The maximum atomic E-state index is 10.0. The minimum atomic E-state index is -0.382. The number of aliphatic hydroxyl groups excluding tert-OH is 2. The Morgan fingerprint density at radius 1 is 1.10 bits per heavy atom. The van der Waals surface area contributed by atoms with Crippen molar-refractivity contribution in [2.45, 2.75) is 117 Å². The van der Waals surface area contributed by atoms with Gasteiger partial charge in [0.2, 0.25) is 0 Å². The van der Waals surface area contributed by atoms with Crippen molar-refractivity contribution in [1.29, 1.82) is 0 Å². The van der Waals surface area contributed by atoms with Gasteiger partial charge in [-0.3, -0.25) is 0 Å². The summed E-state index contributed by atoms with van der Waals surface area (Å²) in [6, 6.07) is 0. The third kappa shape index (κ3) is 5.65. The fraction of sp³-hybridized carbons (Fsp3) is 0.857. The lowest BCUT2D eigenvalue weighted by Crippen LogP contribution is -2.36. The minimum Gasteiger partial charge on any atom is -0.393 e. The molecule has 0 aromatic carbocycles. The first kappa shape index (κ1) is 25.0. The normalized spacial score (nSPS) is 37.5. The molecule has 3 saturated carbocycles. The van der Waals surface area contributed by atoms with Gasteiger partial charge in [0.15, 0.2) is 0 Å². The first-order valence-corrected chi connectivity index (χ1v) is 12.9. The van der Waals surface area contributed by atoms with Gasteiger partial charge >= 0.3 is 0 Å². The molecular weight excluding hydrogens is 384 g/mol. The molecule has 3 fully saturated rings. The molecule has 3 aliphatic rings. The summed E-state index contributed by atoms with van der Waals surface area (Å²) in [6.45, 7) is 11.8. The van der Waals surface area contributed by atoms with Crippen LogP contribution in [0.2, 0.25) is 0 Å². The van der Waals surface area contributed by atoms with Crippen molar-refractivity contribution < 1.29 is 14.9 Å². The molecule has 0 spiro atoms. The van der Waals surface area contributed by atoms with Crippen molar-refractivity contribution in [1.82, 2.24) is 0 Å². The lowest BCUT2D eigenvalue weighted by atomic mass is 9.60. The smallest absolute Gasteiger partial charge is 0.0648 e. The largest absolute Gasteiger partial charge is 0.393 e. The second-order valence-electron chi connectivity index (χ2n) is 11.9. The fourth-order valence-corrected chi connectivity index (χ4v) is 7.01. The zero-order chi connectivity index (χ0) is 22.8. The fourth-order valence-electron chi connectivity index (χ4n) is 7.01. The minimum absolute atomic E-state index is 0.0453. The number of aliphatic hydroxyl groups is 2. The molecule has 0 unspecified atom stereocenters. The van der Waals surface area contributed by atoms with Crippen molar-refractivity contribution in [3.8, 4) is 0 Å². The van der Waals surface area contributed by atoms with Gasteiger partial charge in [0.1, 0.15) is 0 Å². The zero-order valence-electron chi connectivity index (χ0n) is 21.0. The van der Waals surface area contributed by atoms with Crippen LogP contribution >= 0.6 is 0 Å². The molecule has 7 atom stereocenters. The summed E-state index contributed by atoms with van der Waals surface area (Å²) in [5.41, 5.74) is 3.22. The van der Waals surface area contributed by atoms with Crippen molar-refractivity contribution >= 4 is 0 Å². The Morgan fingerprint density at radius 2 is 1.77 bits per heavy atom. The number of methoxy groups -OCH3 is 1. The number of hydrogen-bond donors (Lipinski definition) is 2. The highest BCUT2D eigenvalue weighted by atomic mass is 16.5. The molecule has 3 heteroatoms.